The molecule has 0 fully saturated rings. The van der Waals surface area contributed by atoms with Crippen LogP contribution in [0.3, 0.4) is 0 Å². The molecular formula is C15H10FN3O. The molecule has 0 radical (unpaired) electrons. The summed E-state index contributed by atoms with van der Waals surface area (Å²) < 4.78 is 12.7. The Morgan fingerprint density at radius 2 is 1.80 bits per heavy atom. The van der Waals surface area contributed by atoms with Crippen molar-refractivity contribution in [3.05, 3.63) is 65.5 Å². The van der Waals surface area contributed by atoms with E-state index in [9.17, 15) is 9.18 Å². The van der Waals surface area contributed by atoms with Gasteiger partial charge >= 0.3 is 0 Å². The van der Waals surface area contributed by atoms with Gasteiger partial charge in [-0.25, -0.2) is 4.39 Å². The first-order valence-electron chi connectivity index (χ1n) is 6.01. The summed E-state index contributed by atoms with van der Waals surface area (Å²) >= 11 is 0. The number of nitrogens with one attached hydrogen (secondary N) is 1. The molecule has 0 aliphatic carbocycles. The summed E-state index contributed by atoms with van der Waals surface area (Å²) in [6.45, 7) is 0. The van der Waals surface area contributed by atoms with Crippen LogP contribution in [-0.2, 0) is 4.79 Å². The van der Waals surface area contributed by atoms with Crippen LogP contribution in [0.2, 0.25) is 0 Å². The molecule has 0 bridgehead atoms. The van der Waals surface area contributed by atoms with E-state index in [1.54, 1.807) is 24.3 Å². The molecule has 1 aliphatic rings. The average Bonchev–Trinajstić information content (AvgIpc) is 2.77. The second-order valence-corrected chi connectivity index (χ2v) is 4.24. The number of fused-ring (bicyclic) bond motifs is 1. The third-order valence-electron chi connectivity index (χ3n) is 2.88. The van der Waals surface area contributed by atoms with Crippen molar-refractivity contribution in [2.75, 3.05) is 5.32 Å². The molecule has 0 unspecified atom stereocenters. The minimum Gasteiger partial charge on any atom is -0.320 e. The molecule has 3 rings (SSSR count). The standard InChI is InChI=1S/C15H10FN3O/c16-11-7-5-10(6-8-11)9-17-19-14-12-3-1-2-4-13(12)18-15(14)20/h1-9H,(H,18,19,20)/b17-9-. The van der Waals surface area contributed by atoms with Crippen LogP contribution in [0.5, 0.6) is 0 Å². The first-order chi connectivity index (χ1) is 9.74. The number of benzene rings is 2. The Kier molecular flexibility index (Phi) is 3.09. The van der Waals surface area contributed by atoms with Gasteiger partial charge in [-0.3, -0.25) is 4.79 Å². The largest absolute Gasteiger partial charge is 0.320 e. The molecule has 0 spiro atoms. The summed E-state index contributed by atoms with van der Waals surface area (Å²) in [7, 11) is 0. The van der Waals surface area contributed by atoms with Gasteiger partial charge in [-0.2, -0.15) is 5.10 Å². The number of amides is 1. The molecule has 1 amide bonds. The molecule has 1 aliphatic heterocycles. The van der Waals surface area contributed by atoms with Gasteiger partial charge in [-0.15, -0.1) is 5.10 Å². The first-order valence-corrected chi connectivity index (χ1v) is 6.01. The van der Waals surface area contributed by atoms with Crippen molar-refractivity contribution in [3.8, 4) is 0 Å². The maximum Gasteiger partial charge on any atom is 0.276 e. The van der Waals surface area contributed by atoms with Crippen molar-refractivity contribution in [1.82, 2.24) is 0 Å². The zero-order chi connectivity index (χ0) is 13.9. The smallest absolute Gasteiger partial charge is 0.276 e. The summed E-state index contributed by atoms with van der Waals surface area (Å²) in [6.07, 6.45) is 1.47. The molecule has 98 valence electrons. The molecule has 0 saturated heterocycles. The van der Waals surface area contributed by atoms with E-state index in [-0.39, 0.29) is 17.4 Å². The van der Waals surface area contributed by atoms with Gasteiger partial charge < -0.3 is 5.32 Å². The number of hydrogen-bond acceptors (Lipinski definition) is 3. The first kappa shape index (κ1) is 12.2. The molecule has 4 nitrogen and oxygen atoms in total. The van der Waals surface area contributed by atoms with Gasteiger partial charge in [0.05, 0.1) is 11.9 Å². The Labute approximate surface area is 114 Å². The van der Waals surface area contributed by atoms with Crippen molar-refractivity contribution in [1.29, 1.82) is 0 Å². The summed E-state index contributed by atoms with van der Waals surface area (Å²) in [4.78, 5) is 11.8. The number of para-hydroxylation sites is 1. The number of carbonyl (C=O) groups excluding carboxylic acids is 1. The Morgan fingerprint density at radius 1 is 1.05 bits per heavy atom. The fourth-order valence-corrected chi connectivity index (χ4v) is 1.90. The Balaban J connectivity index is 1.86. The van der Waals surface area contributed by atoms with Crippen LogP contribution < -0.4 is 5.32 Å². The number of rotatable bonds is 2. The minimum absolute atomic E-state index is 0.276. The van der Waals surface area contributed by atoms with Crippen molar-refractivity contribution in [2.24, 2.45) is 10.2 Å². The lowest BCUT2D eigenvalue weighted by molar-refractivity contribution is -0.110. The second kappa shape index (κ2) is 5.05. The van der Waals surface area contributed by atoms with Gasteiger partial charge in [-0.1, -0.05) is 30.3 Å². The molecule has 20 heavy (non-hydrogen) atoms. The lowest BCUT2D eigenvalue weighted by Crippen LogP contribution is -2.13. The third-order valence-corrected chi connectivity index (χ3v) is 2.88. The fraction of sp³-hybridized carbons (Fsp3) is 0. The highest BCUT2D eigenvalue weighted by Gasteiger charge is 2.25. The fourth-order valence-electron chi connectivity index (χ4n) is 1.90. The van der Waals surface area contributed by atoms with E-state index in [1.165, 1.54) is 18.3 Å². The van der Waals surface area contributed by atoms with Gasteiger partial charge in [0.15, 0.2) is 5.71 Å². The van der Waals surface area contributed by atoms with Crippen LogP contribution in [0.25, 0.3) is 0 Å². The molecule has 2 aromatic carbocycles. The molecule has 0 saturated carbocycles. The summed E-state index contributed by atoms with van der Waals surface area (Å²) in [5.41, 5.74) is 2.45. The van der Waals surface area contributed by atoms with Gasteiger partial charge in [0.25, 0.3) is 5.91 Å². The number of carbonyl (C=O) groups is 1. The van der Waals surface area contributed by atoms with E-state index in [2.05, 4.69) is 15.5 Å². The number of nitrogens with zero attached hydrogens (tertiary/aromatic N) is 2. The van der Waals surface area contributed by atoms with E-state index in [1.807, 2.05) is 12.1 Å². The van der Waals surface area contributed by atoms with E-state index in [0.29, 0.717) is 5.56 Å². The van der Waals surface area contributed by atoms with Crippen LogP contribution in [0.15, 0.2) is 58.7 Å². The van der Waals surface area contributed by atoms with Crippen molar-refractivity contribution < 1.29 is 9.18 Å². The molecule has 2 aromatic rings. The lowest BCUT2D eigenvalue weighted by atomic mass is 10.1. The average molecular weight is 267 g/mol. The Hall–Kier alpha value is -2.82. The highest BCUT2D eigenvalue weighted by Crippen LogP contribution is 2.22. The normalized spacial score (nSPS) is 15.7. The Morgan fingerprint density at radius 3 is 2.60 bits per heavy atom. The molecule has 5 heteroatoms. The summed E-state index contributed by atoms with van der Waals surface area (Å²) in [6, 6.07) is 13.1. The zero-order valence-electron chi connectivity index (χ0n) is 10.4. The van der Waals surface area contributed by atoms with E-state index in [0.717, 1.165) is 11.3 Å². The van der Waals surface area contributed by atoms with Crippen LogP contribution >= 0.6 is 0 Å². The highest BCUT2D eigenvalue weighted by atomic mass is 19.1. The second-order valence-electron chi connectivity index (χ2n) is 4.24. The summed E-state index contributed by atoms with van der Waals surface area (Å²) in [5, 5.41) is 10.5. The molecule has 0 atom stereocenters. The van der Waals surface area contributed by atoms with Gasteiger partial charge in [0.1, 0.15) is 5.82 Å². The van der Waals surface area contributed by atoms with Crippen molar-refractivity contribution in [2.45, 2.75) is 0 Å². The summed E-state index contributed by atoms with van der Waals surface area (Å²) in [5.74, 6) is -0.583. The van der Waals surface area contributed by atoms with Crippen molar-refractivity contribution >= 4 is 23.5 Å². The zero-order valence-corrected chi connectivity index (χ0v) is 10.4. The predicted octanol–water partition coefficient (Wildman–Crippen LogP) is 2.60. The minimum atomic E-state index is -0.308. The van der Waals surface area contributed by atoms with Crippen LogP contribution in [-0.4, -0.2) is 17.8 Å². The quantitative estimate of drug-likeness (QED) is 0.660. The van der Waals surface area contributed by atoms with Gasteiger partial charge in [0, 0.05) is 5.56 Å². The molecule has 1 heterocycles. The molecule has 1 N–H and O–H groups in total. The monoisotopic (exact) mass is 267 g/mol. The molecule has 0 aromatic heterocycles. The maximum absolute atomic E-state index is 12.7. The number of halogens is 1. The van der Waals surface area contributed by atoms with Gasteiger partial charge in [0.2, 0.25) is 0 Å². The topological polar surface area (TPSA) is 53.8 Å². The van der Waals surface area contributed by atoms with Crippen LogP contribution in [0.1, 0.15) is 11.1 Å². The maximum atomic E-state index is 12.7. The number of hydrogen-bond donors (Lipinski definition) is 1. The predicted molar refractivity (Wildman–Crippen MR) is 75.6 cm³/mol. The van der Waals surface area contributed by atoms with E-state index >= 15 is 0 Å². The molecular weight excluding hydrogens is 257 g/mol. The van der Waals surface area contributed by atoms with E-state index < -0.39 is 0 Å². The van der Waals surface area contributed by atoms with E-state index in [4.69, 9.17) is 0 Å². The Bertz CT molecular complexity index is 720. The lowest BCUT2D eigenvalue weighted by Gasteiger charge is -1.94. The van der Waals surface area contributed by atoms with Gasteiger partial charge in [-0.05, 0) is 23.8 Å². The number of anilines is 1. The highest BCUT2D eigenvalue weighted by molar-refractivity contribution is 6.53. The third kappa shape index (κ3) is 2.33. The van der Waals surface area contributed by atoms with Crippen LogP contribution in [0, 0.1) is 5.82 Å². The van der Waals surface area contributed by atoms with Crippen molar-refractivity contribution in [3.63, 3.8) is 0 Å². The SMILES string of the molecule is O=C1Nc2ccccc2/C1=N/N=C\c1ccc(F)cc1. The van der Waals surface area contributed by atoms with Crippen LogP contribution in [0.4, 0.5) is 10.1 Å².